The molecule has 3 fully saturated rings. The van der Waals surface area contributed by atoms with E-state index >= 15 is 4.39 Å². The average Bonchev–Trinajstić information content (AvgIpc) is 3.57. The molecule has 14 nitrogen and oxygen atoms in total. The number of nitrogens with zero attached hydrogens (tertiary/aromatic N) is 6. The third-order valence-electron chi connectivity index (χ3n) is 8.53. The van der Waals surface area contributed by atoms with Gasteiger partial charge in [0, 0.05) is 43.8 Å². The van der Waals surface area contributed by atoms with E-state index in [0.29, 0.717) is 55.9 Å². The highest BCUT2D eigenvalue weighted by Crippen LogP contribution is 2.38. The first kappa shape index (κ1) is 28.2. The number of hydrogen-bond acceptors (Lipinski definition) is 10. The fourth-order valence-electron chi connectivity index (χ4n) is 6.06. The zero-order chi connectivity index (χ0) is 30.5. The standard InChI is InChI=1S/C29H30FN7O7/c30-20-9-18-21(36(16-1-2-16)11-19(26(18)39)29(41)42)10-22(20)35-7-5-34(6-8-35)12-24(38)43-13-17-3-4-23(44-17)37-15-33-25-27(37)31-14-32-28(25)40/h9-11,14-17,23H,1-8,12-13H2,(H,41,42)(H,31,32,40)/t17-,23+/m0/s1. The summed E-state index contributed by atoms with van der Waals surface area (Å²) >= 11 is 0. The van der Waals surface area contributed by atoms with Crippen LogP contribution < -0.4 is 15.9 Å². The van der Waals surface area contributed by atoms with Gasteiger partial charge >= 0.3 is 11.9 Å². The van der Waals surface area contributed by atoms with Crippen molar-refractivity contribution >= 4 is 39.7 Å². The lowest BCUT2D eigenvalue weighted by Crippen LogP contribution is -2.48. The first-order valence-electron chi connectivity index (χ1n) is 14.6. The lowest BCUT2D eigenvalue weighted by Gasteiger charge is -2.35. The Morgan fingerprint density at radius 3 is 2.61 bits per heavy atom. The van der Waals surface area contributed by atoms with Crippen LogP contribution in [0, 0.1) is 5.82 Å². The van der Waals surface area contributed by atoms with Crippen molar-refractivity contribution < 1.29 is 28.6 Å². The largest absolute Gasteiger partial charge is 0.477 e. The van der Waals surface area contributed by atoms with Gasteiger partial charge in [-0.3, -0.25) is 23.9 Å². The Kier molecular flexibility index (Phi) is 7.13. The lowest BCUT2D eigenvalue weighted by atomic mass is 10.1. The highest BCUT2D eigenvalue weighted by Gasteiger charge is 2.31. The number of rotatable bonds is 8. The molecule has 1 saturated carbocycles. The molecule has 0 amide bonds. The Hall–Kier alpha value is -4.63. The molecule has 5 heterocycles. The molecule has 2 N–H and O–H groups in total. The number of esters is 1. The Morgan fingerprint density at radius 2 is 1.86 bits per heavy atom. The molecule has 1 aliphatic carbocycles. The number of piperazine rings is 1. The number of anilines is 1. The van der Waals surface area contributed by atoms with Gasteiger partial charge in [-0.25, -0.2) is 19.2 Å². The second kappa shape index (κ2) is 11.1. The van der Waals surface area contributed by atoms with Crippen molar-refractivity contribution in [3.8, 4) is 0 Å². The molecule has 2 aliphatic heterocycles. The molecule has 2 atom stereocenters. The number of halogens is 1. The van der Waals surface area contributed by atoms with E-state index in [1.54, 1.807) is 15.2 Å². The number of carbonyl (C=O) groups is 2. The number of carboxylic acid groups (broad SMARTS) is 1. The van der Waals surface area contributed by atoms with Crippen LogP contribution in [0.4, 0.5) is 10.1 Å². The predicted octanol–water partition coefficient (Wildman–Crippen LogP) is 1.65. The summed E-state index contributed by atoms with van der Waals surface area (Å²) in [5.74, 6) is -2.30. The maximum atomic E-state index is 15.3. The Morgan fingerprint density at radius 1 is 1.07 bits per heavy atom. The first-order valence-corrected chi connectivity index (χ1v) is 14.6. The van der Waals surface area contributed by atoms with Crippen LogP contribution in [-0.2, 0) is 14.3 Å². The second-order valence-electron chi connectivity index (χ2n) is 11.4. The van der Waals surface area contributed by atoms with Gasteiger partial charge in [0.2, 0.25) is 5.43 Å². The summed E-state index contributed by atoms with van der Waals surface area (Å²) < 4.78 is 30.3. The van der Waals surface area contributed by atoms with Crippen molar-refractivity contribution in [1.29, 1.82) is 0 Å². The Labute approximate surface area is 248 Å². The van der Waals surface area contributed by atoms with Crippen molar-refractivity contribution in [3.05, 3.63) is 62.9 Å². The van der Waals surface area contributed by atoms with Crippen LogP contribution in [0.1, 0.15) is 48.3 Å². The number of benzene rings is 1. The molecular weight excluding hydrogens is 577 g/mol. The van der Waals surface area contributed by atoms with Crippen molar-refractivity contribution in [1.82, 2.24) is 29.0 Å². The quantitative estimate of drug-likeness (QED) is 0.280. The van der Waals surface area contributed by atoms with Gasteiger partial charge in [0.05, 0.1) is 36.5 Å². The van der Waals surface area contributed by atoms with Gasteiger partial charge in [0.1, 0.15) is 24.2 Å². The van der Waals surface area contributed by atoms with Gasteiger partial charge in [0.15, 0.2) is 11.2 Å². The molecule has 3 aromatic heterocycles. The van der Waals surface area contributed by atoms with Crippen molar-refractivity contribution in [2.75, 3.05) is 44.2 Å². The molecule has 0 bridgehead atoms. The third-order valence-corrected chi connectivity index (χ3v) is 8.53. The summed E-state index contributed by atoms with van der Waals surface area (Å²) in [5.41, 5.74) is 0.156. The van der Waals surface area contributed by atoms with Crippen LogP contribution in [0.25, 0.3) is 22.1 Å². The summed E-state index contributed by atoms with van der Waals surface area (Å²) in [6, 6.07) is 2.87. The minimum Gasteiger partial charge on any atom is -0.477 e. The van der Waals surface area contributed by atoms with Crippen LogP contribution in [0.15, 0.2) is 40.6 Å². The molecule has 7 rings (SSSR count). The fraction of sp³-hybridized carbons (Fsp3) is 0.448. The molecule has 0 spiro atoms. The number of hydrogen-bond donors (Lipinski definition) is 2. The van der Waals surface area contributed by atoms with E-state index in [2.05, 4.69) is 15.0 Å². The molecule has 1 aromatic carbocycles. The third kappa shape index (κ3) is 5.21. The zero-order valence-electron chi connectivity index (χ0n) is 23.6. The van der Waals surface area contributed by atoms with Crippen LogP contribution in [0.2, 0.25) is 0 Å². The molecule has 44 heavy (non-hydrogen) atoms. The molecule has 230 valence electrons. The lowest BCUT2D eigenvalue weighted by molar-refractivity contribution is -0.149. The topological polar surface area (TPSA) is 165 Å². The van der Waals surface area contributed by atoms with Crippen molar-refractivity contribution in [3.63, 3.8) is 0 Å². The highest BCUT2D eigenvalue weighted by molar-refractivity contribution is 5.93. The van der Waals surface area contributed by atoms with E-state index in [9.17, 15) is 24.3 Å². The highest BCUT2D eigenvalue weighted by atomic mass is 19.1. The number of H-pyrrole nitrogens is 1. The van der Waals surface area contributed by atoms with Crippen molar-refractivity contribution in [2.45, 2.75) is 44.1 Å². The van der Waals surface area contributed by atoms with Gasteiger partial charge in [-0.1, -0.05) is 0 Å². The smallest absolute Gasteiger partial charge is 0.341 e. The minimum atomic E-state index is -1.33. The fourth-order valence-corrected chi connectivity index (χ4v) is 6.06. The zero-order valence-corrected chi connectivity index (χ0v) is 23.6. The molecule has 3 aliphatic rings. The number of aromatic carboxylic acids is 1. The maximum Gasteiger partial charge on any atom is 0.341 e. The van der Waals surface area contributed by atoms with E-state index in [4.69, 9.17) is 9.47 Å². The van der Waals surface area contributed by atoms with E-state index < -0.39 is 17.2 Å². The number of fused-ring (bicyclic) bond motifs is 2. The van der Waals surface area contributed by atoms with Gasteiger partial charge in [0.25, 0.3) is 5.56 Å². The first-order chi connectivity index (χ1) is 21.3. The van der Waals surface area contributed by atoms with E-state index in [-0.39, 0.29) is 59.5 Å². The predicted molar refractivity (Wildman–Crippen MR) is 154 cm³/mol. The average molecular weight is 608 g/mol. The second-order valence-corrected chi connectivity index (χ2v) is 11.4. The number of ether oxygens (including phenoxy) is 2. The molecule has 0 radical (unpaired) electrons. The molecule has 0 unspecified atom stereocenters. The summed E-state index contributed by atoms with van der Waals surface area (Å²) in [4.78, 5) is 63.5. The minimum absolute atomic E-state index is 0.0577. The van der Waals surface area contributed by atoms with Crippen LogP contribution in [0.3, 0.4) is 0 Å². The number of pyridine rings is 1. The van der Waals surface area contributed by atoms with Gasteiger partial charge in [-0.05, 0) is 37.8 Å². The Bertz CT molecular complexity index is 1890. The van der Waals surface area contributed by atoms with E-state index in [0.717, 1.165) is 18.9 Å². The summed E-state index contributed by atoms with van der Waals surface area (Å²) in [6.45, 7) is 2.11. The Balaban J connectivity index is 0.941. The SMILES string of the molecule is O=C(CN1CCN(c2cc3c(cc2F)c(=O)c(C(=O)O)cn3C2CC2)CC1)OC[C@@H]1CC[C@H](n2cnc3c(=O)[nH]cnc32)O1. The van der Waals surface area contributed by atoms with Crippen molar-refractivity contribution in [2.24, 2.45) is 0 Å². The van der Waals surface area contributed by atoms with E-state index in [1.165, 1.54) is 18.9 Å². The molecule has 2 saturated heterocycles. The molecule has 4 aromatic rings. The van der Waals surface area contributed by atoms with Gasteiger partial charge < -0.3 is 29.0 Å². The van der Waals surface area contributed by atoms with Crippen LogP contribution >= 0.6 is 0 Å². The van der Waals surface area contributed by atoms with Crippen LogP contribution in [-0.4, -0.2) is 91.5 Å². The normalized spacial score (nSPS) is 20.9. The van der Waals surface area contributed by atoms with Gasteiger partial charge in [-0.2, -0.15) is 0 Å². The summed E-state index contributed by atoms with van der Waals surface area (Å²) in [6.07, 6.45) is 6.62. The monoisotopic (exact) mass is 607 g/mol. The molecular formula is C29H30FN7O7. The number of imidazole rings is 1. The summed E-state index contributed by atoms with van der Waals surface area (Å²) in [7, 11) is 0. The number of aromatic amines is 1. The number of carboxylic acids is 1. The van der Waals surface area contributed by atoms with Gasteiger partial charge in [-0.15, -0.1) is 0 Å². The van der Waals surface area contributed by atoms with E-state index in [1.807, 2.05) is 9.80 Å². The number of carbonyl (C=O) groups excluding carboxylic acids is 1. The number of nitrogens with one attached hydrogen (secondary N) is 1. The summed E-state index contributed by atoms with van der Waals surface area (Å²) in [5, 5.41) is 9.52. The number of aromatic nitrogens is 5. The molecule has 15 heteroatoms. The van der Waals surface area contributed by atoms with Crippen LogP contribution in [0.5, 0.6) is 0 Å². The maximum absolute atomic E-state index is 15.3.